The third-order valence-electron chi connectivity index (χ3n) is 4.06. The third-order valence-corrected chi connectivity index (χ3v) is 7.69. The molecule has 8 N–H and O–H groups in total. The van der Waals surface area contributed by atoms with E-state index >= 15 is 0 Å². The van der Waals surface area contributed by atoms with E-state index in [0.29, 0.717) is 0 Å². The van der Waals surface area contributed by atoms with Gasteiger partial charge in [-0.2, -0.15) is 14.7 Å². The molecule has 0 bridgehead atoms. The monoisotopic (exact) mass is 441 g/mol. The number of aromatic nitrogens is 4. The minimum absolute atomic E-state index is 0.0899. The number of aliphatic hydroxyl groups excluding tert-OH is 2. The first-order valence-electron chi connectivity index (χ1n) is 7.41. The summed E-state index contributed by atoms with van der Waals surface area (Å²) in [6, 6.07) is 0. The van der Waals surface area contributed by atoms with E-state index in [4.69, 9.17) is 4.74 Å². The van der Waals surface area contributed by atoms with Crippen molar-refractivity contribution in [1.82, 2.24) is 19.5 Å². The lowest BCUT2D eigenvalue weighted by molar-refractivity contribution is -0.134. The SMILES string of the molecule is O=C(C(P(=O)(O)O)[P+](O)(O)O)[C@H]1O[C@@H](n2cnc3c(=O)[nH]cnc32)C(O)C1O. The van der Waals surface area contributed by atoms with E-state index in [9.17, 15) is 48.8 Å². The zero-order valence-electron chi connectivity index (χ0n) is 13.5. The third kappa shape index (κ3) is 3.53. The van der Waals surface area contributed by atoms with Gasteiger partial charge in [0.25, 0.3) is 5.56 Å². The van der Waals surface area contributed by atoms with E-state index in [1.807, 2.05) is 0 Å². The van der Waals surface area contributed by atoms with Crippen molar-refractivity contribution in [2.45, 2.75) is 29.9 Å². The summed E-state index contributed by atoms with van der Waals surface area (Å²) in [6.07, 6.45) is -5.57. The van der Waals surface area contributed by atoms with Crippen LogP contribution >= 0.6 is 15.5 Å². The van der Waals surface area contributed by atoms with Gasteiger partial charge >= 0.3 is 20.9 Å². The highest BCUT2D eigenvalue weighted by atomic mass is 31.3. The maximum atomic E-state index is 12.4. The lowest BCUT2D eigenvalue weighted by Gasteiger charge is -2.21. The summed E-state index contributed by atoms with van der Waals surface area (Å²) >= 11 is 0. The number of ketones is 1. The first-order chi connectivity index (χ1) is 12.8. The van der Waals surface area contributed by atoms with Crippen molar-refractivity contribution in [2.24, 2.45) is 0 Å². The molecule has 0 spiro atoms. The lowest BCUT2D eigenvalue weighted by Crippen LogP contribution is -2.41. The van der Waals surface area contributed by atoms with Crippen LogP contribution in [0.5, 0.6) is 0 Å². The zero-order valence-corrected chi connectivity index (χ0v) is 15.3. The fourth-order valence-corrected chi connectivity index (χ4v) is 5.44. The maximum absolute atomic E-state index is 12.4. The van der Waals surface area contributed by atoms with E-state index in [2.05, 4.69) is 15.0 Å². The van der Waals surface area contributed by atoms with Crippen LogP contribution in [0.3, 0.4) is 0 Å². The normalized spacial score (nSPS) is 27.2. The Balaban J connectivity index is 1.98. The summed E-state index contributed by atoms with van der Waals surface area (Å²) in [5.74, 6) is -1.72. The number of aromatic amines is 1. The van der Waals surface area contributed by atoms with Crippen molar-refractivity contribution in [2.75, 3.05) is 0 Å². The Bertz CT molecular complexity index is 1010. The van der Waals surface area contributed by atoms with Crippen molar-refractivity contribution < 1.29 is 48.8 Å². The van der Waals surface area contributed by atoms with Gasteiger partial charge in [-0.25, -0.2) is 9.97 Å². The van der Waals surface area contributed by atoms with Gasteiger partial charge in [0, 0.05) is 0 Å². The van der Waals surface area contributed by atoms with Crippen LogP contribution in [-0.2, 0) is 14.1 Å². The number of Topliss-reactive ketones (excluding diaryl/α,β-unsaturated/α-hetero) is 1. The highest BCUT2D eigenvalue weighted by Gasteiger charge is 2.64. The minimum Gasteiger partial charge on any atom is -0.387 e. The molecule has 15 nitrogen and oxygen atoms in total. The van der Waals surface area contributed by atoms with Crippen LogP contribution in [0, 0.1) is 0 Å². The first kappa shape index (κ1) is 21.1. The quantitative estimate of drug-likeness (QED) is 0.211. The van der Waals surface area contributed by atoms with Crippen molar-refractivity contribution in [3.63, 3.8) is 0 Å². The van der Waals surface area contributed by atoms with Crippen LogP contribution in [0.1, 0.15) is 6.23 Å². The molecule has 17 heteroatoms. The molecule has 0 aromatic carbocycles. The number of H-pyrrole nitrogens is 1. The highest BCUT2D eigenvalue weighted by Crippen LogP contribution is 2.65. The van der Waals surface area contributed by atoms with Crippen LogP contribution in [0.4, 0.5) is 0 Å². The second kappa shape index (κ2) is 7.00. The Morgan fingerprint density at radius 2 is 1.89 bits per heavy atom. The molecule has 28 heavy (non-hydrogen) atoms. The Hall–Kier alpha value is -1.64. The summed E-state index contributed by atoms with van der Waals surface area (Å²) in [5.41, 5.74) is -0.865. The zero-order chi connectivity index (χ0) is 21.0. The minimum atomic E-state index is -5.58. The summed E-state index contributed by atoms with van der Waals surface area (Å²) in [5, 5.41) is 17.3. The molecule has 1 aliphatic heterocycles. The smallest absolute Gasteiger partial charge is 0.387 e. The summed E-state index contributed by atoms with van der Waals surface area (Å²) < 4.78 is 17.6. The van der Waals surface area contributed by atoms with E-state index < -0.39 is 56.8 Å². The number of rotatable bonds is 5. The Labute approximate surface area is 154 Å². The Morgan fingerprint density at radius 1 is 1.25 bits per heavy atom. The molecular formula is C11H15N4O11P2+. The topological polar surface area (TPSA) is 249 Å². The molecule has 3 rings (SSSR count). The van der Waals surface area contributed by atoms with Gasteiger partial charge in [-0.05, 0) is 0 Å². The van der Waals surface area contributed by atoms with Crippen LogP contribution in [0.25, 0.3) is 11.2 Å². The van der Waals surface area contributed by atoms with E-state index in [1.54, 1.807) is 0 Å². The summed E-state index contributed by atoms with van der Waals surface area (Å²) in [6.45, 7) is 0. The summed E-state index contributed by atoms with van der Waals surface area (Å²) in [7, 11) is -11.0. The van der Waals surface area contributed by atoms with Gasteiger partial charge in [0.2, 0.25) is 5.78 Å². The fourth-order valence-electron chi connectivity index (χ4n) is 2.86. The van der Waals surface area contributed by atoms with Gasteiger partial charge in [0.15, 0.2) is 23.5 Å². The number of nitrogens with one attached hydrogen (secondary N) is 1. The molecule has 0 saturated carbocycles. The fraction of sp³-hybridized carbons (Fsp3) is 0.455. The van der Waals surface area contributed by atoms with Crippen molar-refractivity contribution in [3.8, 4) is 0 Å². The number of aliphatic hydroxyl groups is 2. The summed E-state index contributed by atoms with van der Waals surface area (Å²) in [4.78, 5) is 80.1. The van der Waals surface area contributed by atoms with Crippen LogP contribution in [-0.4, -0.2) is 83.7 Å². The van der Waals surface area contributed by atoms with E-state index in [-0.39, 0.29) is 11.2 Å². The highest BCUT2D eigenvalue weighted by molar-refractivity contribution is 7.76. The largest absolute Gasteiger partial charge is 0.427 e. The van der Waals surface area contributed by atoms with Crippen LogP contribution in [0.15, 0.2) is 17.4 Å². The first-order valence-corrected chi connectivity index (χ1v) is 10.8. The molecule has 0 aliphatic carbocycles. The maximum Gasteiger partial charge on any atom is 0.427 e. The molecule has 5 atom stereocenters. The molecular weight excluding hydrogens is 426 g/mol. The predicted molar refractivity (Wildman–Crippen MR) is 88.5 cm³/mol. The van der Waals surface area contributed by atoms with Gasteiger partial charge in [0.05, 0.1) is 12.7 Å². The molecule has 1 saturated heterocycles. The van der Waals surface area contributed by atoms with Crippen molar-refractivity contribution in [3.05, 3.63) is 23.0 Å². The average molecular weight is 441 g/mol. The molecule has 2 aromatic heterocycles. The second-order valence-corrected chi connectivity index (χ2v) is 9.81. The number of ether oxygens (including phenoxy) is 1. The molecule has 154 valence electrons. The van der Waals surface area contributed by atoms with E-state index in [0.717, 1.165) is 17.2 Å². The van der Waals surface area contributed by atoms with Gasteiger partial charge in [-0.1, -0.05) is 0 Å². The van der Waals surface area contributed by atoms with Gasteiger partial charge in [0.1, 0.15) is 12.2 Å². The van der Waals surface area contributed by atoms with Gasteiger partial charge in [-0.15, -0.1) is 0 Å². The molecule has 1 aliphatic rings. The Morgan fingerprint density at radius 3 is 2.46 bits per heavy atom. The number of hydrogen-bond donors (Lipinski definition) is 8. The number of hydrogen-bond acceptors (Lipinski definition) is 11. The predicted octanol–water partition coefficient (Wildman–Crippen LogP) is -3.45. The van der Waals surface area contributed by atoms with E-state index in [1.165, 1.54) is 0 Å². The molecule has 1 fully saturated rings. The molecule has 3 unspecified atom stereocenters. The molecule has 0 amide bonds. The van der Waals surface area contributed by atoms with Crippen molar-refractivity contribution >= 4 is 32.5 Å². The molecule has 3 heterocycles. The molecule has 0 radical (unpaired) electrons. The lowest BCUT2D eigenvalue weighted by atomic mass is 10.1. The number of carbonyl (C=O) groups excluding carboxylic acids is 1. The number of carbonyl (C=O) groups is 1. The number of imidazole rings is 1. The van der Waals surface area contributed by atoms with Crippen LogP contribution < -0.4 is 5.56 Å². The van der Waals surface area contributed by atoms with Crippen LogP contribution in [0.2, 0.25) is 0 Å². The van der Waals surface area contributed by atoms with Gasteiger partial charge in [-0.3, -0.25) is 18.7 Å². The molecule has 2 aromatic rings. The van der Waals surface area contributed by atoms with Gasteiger partial charge < -0.3 is 29.7 Å². The second-order valence-electron chi connectivity index (χ2n) is 5.96. The average Bonchev–Trinajstić information content (AvgIpc) is 3.08. The number of nitrogens with zero attached hydrogens (tertiary/aromatic N) is 3. The van der Waals surface area contributed by atoms with Crippen molar-refractivity contribution in [1.29, 1.82) is 0 Å². The Kier molecular flexibility index (Phi) is 5.27. The standard InChI is InChI=1S/C11H14N4O11P2/c16-4-5(17)10(15-2-14-3-8(15)12-1-13-9(3)19)26-7(4)6(18)11(27(20,21)22)28(23,24)25/h1-2,4-5,7,10-11,16-17,20-22H,(H2-,12,13,19,23,24,25)/p+1/t4?,5?,7-,10+,11?/m0/s1. The number of fused-ring (bicyclic) bond motifs is 1.